The molecule has 0 aliphatic rings. The van der Waals surface area contributed by atoms with Crippen LogP contribution in [-0.2, 0) is 0 Å². The van der Waals surface area contributed by atoms with Gasteiger partial charge in [0.15, 0.2) is 0 Å². The molecule has 1 amide bonds. The number of methoxy groups -OCH3 is 1. The van der Waals surface area contributed by atoms with Crippen LogP contribution in [0, 0.1) is 13.8 Å². The number of halogens is 1. The fraction of sp³-hybridized carbons (Fsp3) is 0.188. The van der Waals surface area contributed by atoms with Crippen LogP contribution in [0.1, 0.15) is 21.5 Å². The smallest absolute Gasteiger partial charge is 0.255 e. The van der Waals surface area contributed by atoms with Gasteiger partial charge in [-0.15, -0.1) is 0 Å². The van der Waals surface area contributed by atoms with E-state index in [-0.39, 0.29) is 5.91 Å². The Balaban J connectivity index is 2.24. The summed E-state index contributed by atoms with van der Waals surface area (Å²) in [6.45, 7) is 3.97. The van der Waals surface area contributed by atoms with Crippen molar-refractivity contribution in [2.24, 2.45) is 0 Å². The molecular formula is C16H17BrN2O2. The van der Waals surface area contributed by atoms with Gasteiger partial charge in [-0.05, 0) is 55.3 Å². The molecule has 4 nitrogen and oxygen atoms in total. The number of anilines is 2. The van der Waals surface area contributed by atoms with Crippen molar-refractivity contribution in [3.05, 3.63) is 51.5 Å². The van der Waals surface area contributed by atoms with Gasteiger partial charge in [0.2, 0.25) is 0 Å². The maximum Gasteiger partial charge on any atom is 0.255 e. The lowest BCUT2D eigenvalue weighted by Gasteiger charge is -2.11. The van der Waals surface area contributed by atoms with E-state index in [0.29, 0.717) is 17.0 Å². The third kappa shape index (κ3) is 3.36. The standard InChI is InChI=1S/C16H17BrN2O2/c1-9-6-12(7-10(2)15(9)17)19-16(20)11-4-5-14(21-3)13(18)8-11/h4-8H,18H2,1-3H3,(H,19,20). The molecule has 2 aromatic rings. The van der Waals surface area contributed by atoms with Crippen molar-refractivity contribution in [1.29, 1.82) is 0 Å². The quantitative estimate of drug-likeness (QED) is 0.826. The van der Waals surface area contributed by atoms with Crippen molar-refractivity contribution < 1.29 is 9.53 Å². The van der Waals surface area contributed by atoms with Gasteiger partial charge in [-0.2, -0.15) is 0 Å². The van der Waals surface area contributed by atoms with E-state index in [1.807, 2.05) is 26.0 Å². The van der Waals surface area contributed by atoms with Crippen LogP contribution in [0.15, 0.2) is 34.8 Å². The molecule has 0 radical (unpaired) electrons. The minimum atomic E-state index is -0.203. The van der Waals surface area contributed by atoms with Crippen LogP contribution in [0.25, 0.3) is 0 Å². The number of carbonyl (C=O) groups excluding carboxylic acids is 1. The molecule has 0 fully saturated rings. The van der Waals surface area contributed by atoms with Crippen LogP contribution in [0.2, 0.25) is 0 Å². The number of amides is 1. The summed E-state index contributed by atoms with van der Waals surface area (Å²) < 4.78 is 6.13. The van der Waals surface area contributed by atoms with Crippen molar-refractivity contribution in [2.75, 3.05) is 18.2 Å². The van der Waals surface area contributed by atoms with Crippen molar-refractivity contribution in [1.82, 2.24) is 0 Å². The normalized spacial score (nSPS) is 10.3. The molecule has 0 aromatic heterocycles. The summed E-state index contributed by atoms with van der Waals surface area (Å²) in [6.07, 6.45) is 0. The maximum absolute atomic E-state index is 12.3. The highest BCUT2D eigenvalue weighted by atomic mass is 79.9. The zero-order valence-corrected chi connectivity index (χ0v) is 13.7. The molecular weight excluding hydrogens is 332 g/mol. The van der Waals surface area contributed by atoms with Crippen molar-refractivity contribution >= 4 is 33.2 Å². The summed E-state index contributed by atoms with van der Waals surface area (Å²) in [5.41, 5.74) is 9.65. The summed E-state index contributed by atoms with van der Waals surface area (Å²) in [6, 6.07) is 8.81. The van der Waals surface area contributed by atoms with Crippen molar-refractivity contribution in [3.8, 4) is 5.75 Å². The monoisotopic (exact) mass is 348 g/mol. The minimum absolute atomic E-state index is 0.203. The molecule has 21 heavy (non-hydrogen) atoms. The Kier molecular flexibility index (Phi) is 4.53. The maximum atomic E-state index is 12.3. The summed E-state index contributed by atoms with van der Waals surface area (Å²) in [5, 5.41) is 2.88. The number of rotatable bonds is 3. The third-order valence-corrected chi connectivity index (χ3v) is 4.44. The Morgan fingerprint density at radius 1 is 1.19 bits per heavy atom. The van der Waals surface area contributed by atoms with E-state index in [1.54, 1.807) is 25.3 Å². The van der Waals surface area contributed by atoms with E-state index in [9.17, 15) is 4.79 Å². The Morgan fingerprint density at radius 3 is 2.33 bits per heavy atom. The highest BCUT2D eigenvalue weighted by Crippen LogP contribution is 2.26. The molecule has 5 heteroatoms. The molecule has 0 saturated carbocycles. The van der Waals surface area contributed by atoms with Gasteiger partial charge in [0, 0.05) is 15.7 Å². The fourth-order valence-electron chi connectivity index (χ4n) is 2.10. The molecule has 0 saturated heterocycles. The molecule has 0 heterocycles. The van der Waals surface area contributed by atoms with Gasteiger partial charge < -0.3 is 15.8 Å². The summed E-state index contributed by atoms with van der Waals surface area (Å²) in [5.74, 6) is 0.354. The van der Waals surface area contributed by atoms with Crippen LogP contribution in [0.4, 0.5) is 11.4 Å². The van der Waals surface area contributed by atoms with Gasteiger partial charge >= 0.3 is 0 Å². The number of hydrogen-bond acceptors (Lipinski definition) is 3. The molecule has 2 aromatic carbocycles. The lowest BCUT2D eigenvalue weighted by molar-refractivity contribution is 0.102. The Hall–Kier alpha value is -2.01. The molecule has 0 spiro atoms. The molecule has 0 atom stereocenters. The minimum Gasteiger partial charge on any atom is -0.495 e. The van der Waals surface area contributed by atoms with Crippen LogP contribution in [0.3, 0.4) is 0 Å². The van der Waals surface area contributed by atoms with Gasteiger partial charge in [-0.1, -0.05) is 15.9 Å². The predicted molar refractivity (Wildman–Crippen MR) is 89.0 cm³/mol. The van der Waals surface area contributed by atoms with Gasteiger partial charge in [0.1, 0.15) is 5.75 Å². The molecule has 0 bridgehead atoms. The number of aryl methyl sites for hydroxylation is 2. The number of nitrogens with one attached hydrogen (secondary N) is 1. The van der Waals surface area contributed by atoms with E-state index in [2.05, 4.69) is 21.2 Å². The average molecular weight is 349 g/mol. The third-order valence-electron chi connectivity index (χ3n) is 3.19. The molecule has 3 N–H and O–H groups in total. The number of ether oxygens (including phenoxy) is 1. The first-order valence-electron chi connectivity index (χ1n) is 6.44. The highest BCUT2D eigenvalue weighted by molar-refractivity contribution is 9.10. The van der Waals surface area contributed by atoms with E-state index >= 15 is 0 Å². The van der Waals surface area contributed by atoms with E-state index < -0.39 is 0 Å². The summed E-state index contributed by atoms with van der Waals surface area (Å²) in [4.78, 5) is 12.3. The van der Waals surface area contributed by atoms with Gasteiger partial charge in [0.05, 0.1) is 12.8 Å². The zero-order chi connectivity index (χ0) is 15.6. The predicted octanol–water partition coefficient (Wildman–Crippen LogP) is 3.91. The summed E-state index contributed by atoms with van der Waals surface area (Å²) in [7, 11) is 1.54. The average Bonchev–Trinajstić information content (AvgIpc) is 2.44. The number of nitrogens with two attached hydrogens (primary N) is 1. The molecule has 2 rings (SSSR count). The zero-order valence-electron chi connectivity index (χ0n) is 12.2. The van der Waals surface area contributed by atoms with E-state index in [1.165, 1.54) is 0 Å². The van der Waals surface area contributed by atoms with Gasteiger partial charge in [-0.25, -0.2) is 0 Å². The number of nitrogen functional groups attached to an aromatic ring is 1. The highest BCUT2D eigenvalue weighted by Gasteiger charge is 2.10. The Labute approximate surface area is 132 Å². The first kappa shape index (κ1) is 15.4. The first-order chi connectivity index (χ1) is 9.92. The number of carbonyl (C=O) groups is 1. The van der Waals surface area contributed by atoms with Gasteiger partial charge in [-0.3, -0.25) is 4.79 Å². The van der Waals surface area contributed by atoms with Crippen molar-refractivity contribution in [3.63, 3.8) is 0 Å². The van der Waals surface area contributed by atoms with E-state index in [4.69, 9.17) is 10.5 Å². The van der Waals surface area contributed by atoms with E-state index in [0.717, 1.165) is 21.3 Å². The number of hydrogen-bond donors (Lipinski definition) is 2. The topological polar surface area (TPSA) is 64.3 Å². The second-order valence-electron chi connectivity index (χ2n) is 4.83. The van der Waals surface area contributed by atoms with Crippen LogP contribution in [0.5, 0.6) is 5.75 Å². The van der Waals surface area contributed by atoms with Crippen LogP contribution < -0.4 is 15.8 Å². The van der Waals surface area contributed by atoms with Crippen molar-refractivity contribution in [2.45, 2.75) is 13.8 Å². The SMILES string of the molecule is COc1ccc(C(=O)Nc2cc(C)c(Br)c(C)c2)cc1N. The second-order valence-corrected chi connectivity index (χ2v) is 5.63. The molecule has 110 valence electrons. The molecule has 0 aliphatic carbocycles. The number of benzene rings is 2. The fourth-order valence-corrected chi connectivity index (χ4v) is 2.33. The lowest BCUT2D eigenvalue weighted by Crippen LogP contribution is -2.12. The summed E-state index contributed by atoms with van der Waals surface area (Å²) >= 11 is 3.51. The van der Waals surface area contributed by atoms with Gasteiger partial charge in [0.25, 0.3) is 5.91 Å². The Morgan fingerprint density at radius 2 is 1.81 bits per heavy atom. The van der Waals surface area contributed by atoms with Crippen LogP contribution in [-0.4, -0.2) is 13.0 Å². The lowest BCUT2D eigenvalue weighted by atomic mass is 10.1. The van der Waals surface area contributed by atoms with Crippen LogP contribution >= 0.6 is 15.9 Å². The largest absolute Gasteiger partial charge is 0.495 e. The Bertz CT molecular complexity index is 676. The molecule has 0 aliphatic heterocycles. The second kappa shape index (κ2) is 6.18. The first-order valence-corrected chi connectivity index (χ1v) is 7.23. The molecule has 0 unspecified atom stereocenters.